The zero-order valence-electron chi connectivity index (χ0n) is 23.2. The highest BCUT2D eigenvalue weighted by Crippen LogP contribution is 2.62. The number of aliphatic hydroxyl groups excluding tert-OH is 2. The van der Waals surface area contributed by atoms with E-state index in [1.807, 2.05) is 44.3 Å². The van der Waals surface area contributed by atoms with E-state index in [2.05, 4.69) is 19.2 Å². The molecule has 0 radical (unpaired) electrons. The number of benzene rings is 1. The smallest absolute Gasteiger partial charge is 0.226 e. The Balaban J connectivity index is 1.63. The summed E-state index contributed by atoms with van der Waals surface area (Å²) in [5.74, 6) is -0.162. The molecule has 1 saturated carbocycles. The first-order chi connectivity index (χ1) is 18.1. The summed E-state index contributed by atoms with van der Waals surface area (Å²) in [4.78, 5) is 33.9. The molecule has 7 nitrogen and oxygen atoms in total. The summed E-state index contributed by atoms with van der Waals surface area (Å²) in [7, 11) is 1.84. The minimum atomic E-state index is -0.671. The largest absolute Gasteiger partial charge is 0.396 e. The Labute approximate surface area is 230 Å². The fourth-order valence-electron chi connectivity index (χ4n) is 6.69. The molecule has 2 aromatic rings. The van der Waals surface area contributed by atoms with Crippen LogP contribution in [0.4, 0.5) is 5.13 Å². The molecule has 0 unspecified atom stereocenters. The molecule has 38 heavy (non-hydrogen) atoms. The average Bonchev–Trinajstić information content (AvgIpc) is 3.30. The van der Waals surface area contributed by atoms with Crippen molar-refractivity contribution in [3.63, 3.8) is 0 Å². The van der Waals surface area contributed by atoms with Crippen LogP contribution in [0.3, 0.4) is 0 Å². The molecule has 1 aromatic heterocycles. The second-order valence-electron chi connectivity index (χ2n) is 11.8. The van der Waals surface area contributed by atoms with Crippen LogP contribution in [-0.2, 0) is 22.6 Å². The fourth-order valence-corrected chi connectivity index (χ4v) is 7.78. The maximum Gasteiger partial charge on any atom is 0.226 e. The van der Waals surface area contributed by atoms with Gasteiger partial charge in [0.25, 0.3) is 0 Å². The molecule has 4 rings (SSSR count). The second kappa shape index (κ2) is 11.8. The van der Waals surface area contributed by atoms with Gasteiger partial charge < -0.3 is 20.4 Å². The van der Waals surface area contributed by atoms with Gasteiger partial charge >= 0.3 is 0 Å². The number of carbonyl (C=O) groups is 2. The Morgan fingerprint density at radius 2 is 1.95 bits per heavy atom. The monoisotopic (exact) mass is 541 g/mol. The molecule has 3 N–H and O–H groups in total. The number of anilines is 1. The number of rotatable bonds is 10. The Kier molecular flexibility index (Phi) is 8.95. The van der Waals surface area contributed by atoms with Gasteiger partial charge in [0, 0.05) is 42.6 Å². The predicted octanol–water partition coefficient (Wildman–Crippen LogP) is 5.13. The third-order valence-corrected chi connectivity index (χ3v) is 10.2. The number of hydrogen-bond acceptors (Lipinski definition) is 6. The van der Waals surface area contributed by atoms with E-state index < -0.39 is 11.5 Å². The van der Waals surface area contributed by atoms with E-state index in [1.165, 1.54) is 11.3 Å². The van der Waals surface area contributed by atoms with Crippen molar-refractivity contribution >= 4 is 28.3 Å². The first kappa shape index (κ1) is 28.7. The zero-order valence-corrected chi connectivity index (χ0v) is 24.0. The van der Waals surface area contributed by atoms with Crippen LogP contribution in [-0.4, -0.2) is 51.7 Å². The normalized spacial score (nSPS) is 28.3. The van der Waals surface area contributed by atoms with E-state index in [0.717, 1.165) is 41.8 Å². The van der Waals surface area contributed by atoms with Gasteiger partial charge in [-0.25, -0.2) is 4.98 Å². The number of unbranched alkanes of at least 4 members (excludes halogenated alkanes) is 2. The van der Waals surface area contributed by atoms with Crippen LogP contribution in [0.15, 0.2) is 30.3 Å². The standard InChI is InChI=1S/C30H43N3O4S/c1-5-6-8-13-25(36)31-28-32-27-21(16-26(37)33(4)18-20-11-9-7-10-12-20)29(2)15-14-24(35)30(3,19-34)23(29)17-22(27)38-28/h7,9-12,21,23-24,34-35H,5-6,8,13-19H2,1-4H3,(H,31,32,36)/t21-,23+,24-,29+,30+/m1/s1. The number of nitrogens with one attached hydrogen (secondary N) is 1. The van der Waals surface area contributed by atoms with Gasteiger partial charge in [0.2, 0.25) is 11.8 Å². The molecule has 2 aliphatic rings. The Morgan fingerprint density at radius 1 is 1.21 bits per heavy atom. The van der Waals surface area contributed by atoms with E-state index in [-0.39, 0.29) is 35.7 Å². The van der Waals surface area contributed by atoms with Gasteiger partial charge in [-0.15, -0.1) is 11.3 Å². The number of aliphatic hydroxyl groups is 2. The van der Waals surface area contributed by atoms with Crippen LogP contribution in [0, 0.1) is 16.7 Å². The predicted molar refractivity (Wildman–Crippen MR) is 151 cm³/mol. The van der Waals surface area contributed by atoms with Crippen molar-refractivity contribution in [2.24, 2.45) is 16.7 Å². The number of nitrogens with zero attached hydrogens (tertiary/aromatic N) is 2. The second-order valence-corrected chi connectivity index (χ2v) is 12.9. The molecule has 1 heterocycles. The number of thiazole rings is 1. The first-order valence-electron chi connectivity index (χ1n) is 14.0. The average molecular weight is 542 g/mol. The highest BCUT2D eigenvalue weighted by Gasteiger charge is 2.59. The van der Waals surface area contributed by atoms with Crippen molar-refractivity contribution in [2.75, 3.05) is 19.0 Å². The van der Waals surface area contributed by atoms with Gasteiger partial charge in [0.15, 0.2) is 5.13 Å². The minimum absolute atomic E-state index is 0.0120. The van der Waals surface area contributed by atoms with Gasteiger partial charge in [0.05, 0.1) is 18.4 Å². The SMILES string of the molecule is CCCCCC(=O)Nc1nc2c(s1)C[C@@H]1[C@](C)(CO)[C@H](O)CC[C@@]1(C)[C@@H]2CC(=O)N(C)Cc1ccccc1. The van der Waals surface area contributed by atoms with Crippen LogP contribution >= 0.6 is 11.3 Å². The summed E-state index contributed by atoms with van der Waals surface area (Å²) in [5.41, 5.74) is 0.988. The summed E-state index contributed by atoms with van der Waals surface area (Å²) in [6.45, 7) is 6.71. The van der Waals surface area contributed by atoms with E-state index in [9.17, 15) is 19.8 Å². The topological polar surface area (TPSA) is 103 Å². The van der Waals surface area contributed by atoms with Crippen molar-refractivity contribution in [3.8, 4) is 0 Å². The van der Waals surface area contributed by atoms with Crippen LogP contribution < -0.4 is 5.32 Å². The van der Waals surface area contributed by atoms with E-state index in [1.54, 1.807) is 4.90 Å². The molecule has 8 heteroatoms. The van der Waals surface area contributed by atoms with Gasteiger partial charge in [-0.3, -0.25) is 9.59 Å². The lowest BCUT2D eigenvalue weighted by Crippen LogP contribution is -2.57. The summed E-state index contributed by atoms with van der Waals surface area (Å²) < 4.78 is 0. The van der Waals surface area contributed by atoms with Crippen molar-refractivity contribution in [3.05, 3.63) is 46.5 Å². The summed E-state index contributed by atoms with van der Waals surface area (Å²) in [6, 6.07) is 9.95. The highest BCUT2D eigenvalue weighted by atomic mass is 32.1. The Hall–Kier alpha value is -2.29. The van der Waals surface area contributed by atoms with Gasteiger partial charge in [-0.1, -0.05) is 63.9 Å². The summed E-state index contributed by atoms with van der Waals surface area (Å²) >= 11 is 1.48. The van der Waals surface area contributed by atoms with Gasteiger partial charge in [0.1, 0.15) is 0 Å². The van der Waals surface area contributed by atoms with Crippen LogP contribution in [0.25, 0.3) is 0 Å². The zero-order chi connectivity index (χ0) is 27.5. The molecule has 2 aliphatic carbocycles. The summed E-state index contributed by atoms with van der Waals surface area (Å²) in [5, 5.41) is 25.0. The Morgan fingerprint density at radius 3 is 2.63 bits per heavy atom. The maximum absolute atomic E-state index is 13.6. The fraction of sp³-hybridized carbons (Fsp3) is 0.633. The molecule has 208 valence electrons. The molecule has 0 aliphatic heterocycles. The highest BCUT2D eigenvalue weighted by molar-refractivity contribution is 7.15. The van der Waals surface area contributed by atoms with Gasteiger partial charge in [-0.2, -0.15) is 0 Å². The number of carbonyl (C=O) groups excluding carboxylic acids is 2. The number of fused-ring (bicyclic) bond motifs is 2. The van der Waals surface area contributed by atoms with Crippen molar-refractivity contribution in [2.45, 2.75) is 90.7 Å². The van der Waals surface area contributed by atoms with E-state index >= 15 is 0 Å². The third-order valence-electron chi connectivity index (χ3n) is 9.21. The van der Waals surface area contributed by atoms with E-state index in [0.29, 0.717) is 37.4 Å². The molecule has 0 spiro atoms. The molecule has 1 aromatic carbocycles. The van der Waals surface area contributed by atoms with Gasteiger partial charge in [-0.05, 0) is 42.6 Å². The molecule has 0 saturated heterocycles. The maximum atomic E-state index is 13.6. The van der Waals surface area contributed by atoms with Crippen LogP contribution in [0.5, 0.6) is 0 Å². The minimum Gasteiger partial charge on any atom is -0.396 e. The third kappa shape index (κ3) is 5.68. The van der Waals surface area contributed by atoms with Crippen LogP contribution in [0.1, 0.15) is 87.8 Å². The molecular weight excluding hydrogens is 498 g/mol. The van der Waals surface area contributed by atoms with Crippen molar-refractivity contribution in [1.82, 2.24) is 9.88 Å². The van der Waals surface area contributed by atoms with E-state index in [4.69, 9.17) is 4.98 Å². The quantitative estimate of drug-likeness (QED) is 0.362. The Bertz CT molecular complexity index is 1120. The van der Waals surface area contributed by atoms with Crippen molar-refractivity contribution < 1.29 is 19.8 Å². The summed E-state index contributed by atoms with van der Waals surface area (Å²) in [6.07, 6.45) is 5.11. The molecule has 5 atom stereocenters. The number of amides is 2. The lowest BCUT2D eigenvalue weighted by Gasteiger charge is -2.58. The van der Waals surface area contributed by atoms with Crippen molar-refractivity contribution in [1.29, 1.82) is 0 Å². The molecule has 2 amide bonds. The first-order valence-corrected chi connectivity index (χ1v) is 14.8. The lowest BCUT2D eigenvalue weighted by molar-refractivity contribution is -0.147. The molecule has 0 bridgehead atoms. The number of hydrogen-bond donors (Lipinski definition) is 3. The molecule has 1 fully saturated rings. The number of aromatic nitrogens is 1. The molecular formula is C30H43N3O4S. The van der Waals surface area contributed by atoms with Crippen LogP contribution in [0.2, 0.25) is 0 Å². The lowest BCUT2D eigenvalue weighted by atomic mass is 9.47.